The van der Waals surface area contributed by atoms with Gasteiger partial charge < -0.3 is 10.8 Å². The Balaban J connectivity index is 2.51. The average Bonchev–Trinajstić information content (AvgIpc) is 2.53. The Bertz CT molecular complexity index is 206. The van der Waals surface area contributed by atoms with Crippen molar-refractivity contribution in [1.82, 2.24) is 4.90 Å². The van der Waals surface area contributed by atoms with Gasteiger partial charge in [0.2, 0.25) is 0 Å². The molecule has 0 aromatic carbocycles. The zero-order valence-corrected chi connectivity index (χ0v) is 8.94. The fraction of sp³-hybridized carbons (Fsp3) is 0.900. The predicted molar refractivity (Wildman–Crippen MR) is 55.0 cm³/mol. The summed E-state index contributed by atoms with van der Waals surface area (Å²) in [5, 5.41) is 8.94. The van der Waals surface area contributed by atoms with Crippen molar-refractivity contribution in [3.63, 3.8) is 0 Å². The molecule has 1 rings (SSSR count). The number of nitrogens with two attached hydrogens (primary N) is 1. The topological polar surface area (TPSA) is 66.6 Å². The van der Waals surface area contributed by atoms with E-state index in [0.29, 0.717) is 11.8 Å². The molecule has 1 fully saturated rings. The molecule has 4 heteroatoms. The molecule has 14 heavy (non-hydrogen) atoms. The fourth-order valence-corrected chi connectivity index (χ4v) is 2.05. The quantitative estimate of drug-likeness (QED) is 0.688. The first kappa shape index (κ1) is 11.5. The molecule has 82 valence electrons. The van der Waals surface area contributed by atoms with Gasteiger partial charge in [0.15, 0.2) is 0 Å². The van der Waals surface area contributed by atoms with Crippen LogP contribution in [-0.2, 0) is 4.79 Å². The summed E-state index contributed by atoms with van der Waals surface area (Å²) in [6.45, 7) is 6.34. The van der Waals surface area contributed by atoms with E-state index in [1.807, 2.05) is 4.90 Å². The van der Waals surface area contributed by atoms with Crippen LogP contribution in [0.3, 0.4) is 0 Å². The molecule has 3 N–H and O–H groups in total. The fourth-order valence-electron chi connectivity index (χ4n) is 2.05. The molecule has 4 nitrogen and oxygen atoms in total. The number of carbonyl (C=O) groups is 1. The predicted octanol–water partition coefficient (Wildman–Crippen LogP) is 0.376. The molecule has 0 radical (unpaired) electrons. The van der Waals surface area contributed by atoms with Crippen LogP contribution >= 0.6 is 0 Å². The van der Waals surface area contributed by atoms with Crippen LogP contribution in [0, 0.1) is 11.8 Å². The summed E-state index contributed by atoms with van der Waals surface area (Å²) in [5.41, 5.74) is 5.45. The van der Waals surface area contributed by atoms with E-state index < -0.39 is 12.0 Å². The molecule has 0 amide bonds. The minimum atomic E-state index is -0.795. The van der Waals surface area contributed by atoms with Crippen molar-refractivity contribution >= 4 is 5.97 Å². The Hall–Kier alpha value is -0.610. The summed E-state index contributed by atoms with van der Waals surface area (Å²) >= 11 is 0. The van der Waals surface area contributed by atoms with Crippen LogP contribution < -0.4 is 5.73 Å². The van der Waals surface area contributed by atoms with Crippen LogP contribution in [0.2, 0.25) is 0 Å². The van der Waals surface area contributed by atoms with Crippen LogP contribution in [0.1, 0.15) is 20.3 Å². The molecular weight excluding hydrogens is 180 g/mol. The average molecular weight is 200 g/mol. The van der Waals surface area contributed by atoms with Gasteiger partial charge in [-0.2, -0.15) is 0 Å². The summed E-state index contributed by atoms with van der Waals surface area (Å²) in [7, 11) is 0. The lowest BCUT2D eigenvalue weighted by atomic mass is 9.95. The molecule has 0 aromatic heterocycles. The lowest BCUT2D eigenvalue weighted by molar-refractivity contribution is -0.142. The number of carboxylic acid groups (broad SMARTS) is 1. The van der Waals surface area contributed by atoms with Gasteiger partial charge in [0.1, 0.15) is 6.04 Å². The number of carboxylic acids is 1. The molecule has 1 aliphatic rings. The van der Waals surface area contributed by atoms with Gasteiger partial charge in [-0.1, -0.05) is 13.8 Å². The first-order chi connectivity index (χ1) is 6.56. The Morgan fingerprint density at radius 1 is 1.64 bits per heavy atom. The largest absolute Gasteiger partial charge is 0.480 e. The zero-order valence-electron chi connectivity index (χ0n) is 8.94. The molecule has 1 saturated heterocycles. The highest BCUT2D eigenvalue weighted by Gasteiger charge is 2.32. The molecule has 0 aromatic rings. The van der Waals surface area contributed by atoms with E-state index in [9.17, 15) is 4.79 Å². The molecule has 0 aliphatic carbocycles. The highest BCUT2D eigenvalue weighted by atomic mass is 16.4. The van der Waals surface area contributed by atoms with Crippen LogP contribution in [0.25, 0.3) is 0 Å². The maximum atomic E-state index is 10.9. The maximum absolute atomic E-state index is 10.9. The number of hydrogen-bond donors (Lipinski definition) is 2. The van der Waals surface area contributed by atoms with Gasteiger partial charge in [0.05, 0.1) is 0 Å². The third kappa shape index (κ3) is 2.45. The minimum absolute atomic E-state index is 0.208. The van der Waals surface area contributed by atoms with E-state index in [1.165, 1.54) is 0 Å². The monoisotopic (exact) mass is 200 g/mol. The van der Waals surface area contributed by atoms with Crippen molar-refractivity contribution < 1.29 is 9.90 Å². The van der Waals surface area contributed by atoms with Gasteiger partial charge in [0, 0.05) is 13.1 Å². The van der Waals surface area contributed by atoms with Crippen LogP contribution in [-0.4, -0.2) is 41.7 Å². The molecule has 1 heterocycles. The zero-order chi connectivity index (χ0) is 10.7. The second-order valence-electron chi connectivity index (χ2n) is 4.38. The van der Waals surface area contributed by atoms with Gasteiger partial charge in [-0.3, -0.25) is 9.69 Å². The maximum Gasteiger partial charge on any atom is 0.322 e. The lowest BCUT2D eigenvalue weighted by Crippen LogP contribution is -2.45. The first-order valence-electron chi connectivity index (χ1n) is 5.23. The van der Waals surface area contributed by atoms with E-state index >= 15 is 0 Å². The molecule has 0 bridgehead atoms. The minimum Gasteiger partial charge on any atom is -0.480 e. The van der Waals surface area contributed by atoms with Crippen molar-refractivity contribution in [3.8, 4) is 0 Å². The Labute approximate surface area is 85.1 Å². The third-order valence-electron chi connectivity index (χ3n) is 3.15. The van der Waals surface area contributed by atoms with Crippen molar-refractivity contribution in [2.75, 3.05) is 19.6 Å². The number of likely N-dealkylation sites (tertiary alicyclic amines) is 1. The van der Waals surface area contributed by atoms with E-state index in [-0.39, 0.29) is 6.54 Å². The summed E-state index contributed by atoms with van der Waals surface area (Å²) < 4.78 is 0. The number of hydrogen-bond acceptors (Lipinski definition) is 3. The van der Waals surface area contributed by atoms with Gasteiger partial charge in [-0.05, 0) is 24.8 Å². The first-order valence-corrected chi connectivity index (χ1v) is 5.23. The molecule has 1 aliphatic heterocycles. The highest BCUT2D eigenvalue weighted by molar-refractivity contribution is 5.73. The van der Waals surface area contributed by atoms with Gasteiger partial charge in [0.25, 0.3) is 0 Å². The van der Waals surface area contributed by atoms with Crippen molar-refractivity contribution in [2.24, 2.45) is 17.6 Å². The van der Waals surface area contributed by atoms with Gasteiger partial charge in [-0.25, -0.2) is 0 Å². The number of nitrogens with zero attached hydrogens (tertiary/aromatic N) is 1. The van der Waals surface area contributed by atoms with E-state index in [0.717, 1.165) is 19.5 Å². The summed E-state index contributed by atoms with van der Waals surface area (Å²) in [5.74, 6) is 0.465. The molecule has 2 atom stereocenters. The standard InChI is InChI=1S/C10H20N2O2/c1-7(2)8-3-4-12(6-8)9(5-11)10(13)14/h7-9H,3-6,11H2,1-2H3,(H,13,14). The van der Waals surface area contributed by atoms with Crippen molar-refractivity contribution in [3.05, 3.63) is 0 Å². The van der Waals surface area contributed by atoms with Gasteiger partial charge in [-0.15, -0.1) is 0 Å². The Morgan fingerprint density at radius 3 is 2.64 bits per heavy atom. The third-order valence-corrected chi connectivity index (χ3v) is 3.15. The highest BCUT2D eigenvalue weighted by Crippen LogP contribution is 2.24. The second kappa shape index (κ2) is 4.75. The van der Waals surface area contributed by atoms with Gasteiger partial charge >= 0.3 is 5.97 Å². The van der Waals surface area contributed by atoms with E-state index in [2.05, 4.69) is 13.8 Å². The van der Waals surface area contributed by atoms with Crippen LogP contribution in [0.15, 0.2) is 0 Å². The van der Waals surface area contributed by atoms with Crippen LogP contribution in [0.5, 0.6) is 0 Å². The number of rotatable bonds is 4. The number of aliphatic carboxylic acids is 1. The normalized spacial score (nSPS) is 25.6. The second-order valence-corrected chi connectivity index (χ2v) is 4.38. The Kier molecular flexibility index (Phi) is 3.89. The molecule has 2 unspecified atom stereocenters. The molecule has 0 saturated carbocycles. The van der Waals surface area contributed by atoms with E-state index in [1.54, 1.807) is 0 Å². The smallest absolute Gasteiger partial charge is 0.322 e. The summed E-state index contributed by atoms with van der Waals surface area (Å²) in [4.78, 5) is 12.9. The van der Waals surface area contributed by atoms with Crippen molar-refractivity contribution in [1.29, 1.82) is 0 Å². The van der Waals surface area contributed by atoms with Crippen molar-refractivity contribution in [2.45, 2.75) is 26.3 Å². The molecular formula is C10H20N2O2. The lowest BCUT2D eigenvalue weighted by Gasteiger charge is -2.23. The Morgan fingerprint density at radius 2 is 2.29 bits per heavy atom. The van der Waals surface area contributed by atoms with E-state index in [4.69, 9.17) is 10.8 Å². The SMILES string of the molecule is CC(C)C1CCN(C(CN)C(=O)O)C1. The summed E-state index contributed by atoms with van der Waals surface area (Å²) in [6.07, 6.45) is 1.10. The van der Waals surface area contributed by atoms with Crippen LogP contribution in [0.4, 0.5) is 0 Å². The molecule has 0 spiro atoms. The summed E-state index contributed by atoms with van der Waals surface area (Å²) in [6, 6.07) is -0.487.